The third-order valence-electron chi connectivity index (χ3n) is 5.98. The third-order valence-corrected chi connectivity index (χ3v) is 7.12. The predicted octanol–water partition coefficient (Wildman–Crippen LogP) is 3.11. The molecule has 0 saturated heterocycles. The fraction of sp³-hybridized carbons (Fsp3) is 0.462. The number of hydrogen-bond donors (Lipinski definition) is 1. The molecule has 0 unspecified atom stereocenters. The molecular formula is C26H37N3O6S. The molecule has 10 heteroatoms. The molecule has 2 amide bonds. The molecule has 0 spiro atoms. The highest BCUT2D eigenvalue weighted by atomic mass is 32.2. The number of anilines is 1. The first kappa shape index (κ1) is 29.0. The predicted molar refractivity (Wildman–Crippen MR) is 141 cm³/mol. The summed E-state index contributed by atoms with van der Waals surface area (Å²) in [5, 5.41) is 2.91. The zero-order valence-electron chi connectivity index (χ0n) is 22.1. The number of hydrogen-bond acceptors (Lipinski definition) is 6. The van der Waals surface area contributed by atoms with Crippen LogP contribution in [0, 0.1) is 6.92 Å². The van der Waals surface area contributed by atoms with Gasteiger partial charge in [-0.25, -0.2) is 8.42 Å². The molecule has 9 nitrogen and oxygen atoms in total. The fourth-order valence-electron chi connectivity index (χ4n) is 3.53. The number of amides is 2. The van der Waals surface area contributed by atoms with Crippen molar-refractivity contribution >= 4 is 27.5 Å². The Morgan fingerprint density at radius 1 is 1.00 bits per heavy atom. The van der Waals surface area contributed by atoms with Gasteiger partial charge in [-0.15, -0.1) is 0 Å². The lowest BCUT2D eigenvalue weighted by Crippen LogP contribution is -2.52. The molecular weight excluding hydrogens is 482 g/mol. The van der Waals surface area contributed by atoms with E-state index in [0.29, 0.717) is 11.5 Å². The number of nitrogens with one attached hydrogen (secondary N) is 1. The van der Waals surface area contributed by atoms with Crippen LogP contribution in [0.1, 0.15) is 38.3 Å². The number of nitrogens with zero attached hydrogens (tertiary/aromatic N) is 2. The van der Waals surface area contributed by atoms with Crippen molar-refractivity contribution in [2.75, 3.05) is 31.3 Å². The van der Waals surface area contributed by atoms with Crippen LogP contribution in [0.25, 0.3) is 0 Å². The standard InChI is InChI=1S/C26H37N3O6S/c1-8-19(3)27-26(31)20(4)28(16-21-11-9-18(2)10-12-21)25(30)17-29(36(7,32)33)22-13-14-23(34-5)24(15-22)35-6/h9-15,19-20H,8,16-17H2,1-7H3,(H,27,31)/t19-,20-/m0/s1. The Morgan fingerprint density at radius 2 is 1.61 bits per heavy atom. The summed E-state index contributed by atoms with van der Waals surface area (Å²) in [6.07, 6.45) is 1.77. The minimum atomic E-state index is -3.85. The lowest BCUT2D eigenvalue weighted by atomic mass is 10.1. The third kappa shape index (κ3) is 7.61. The van der Waals surface area contributed by atoms with Crippen LogP contribution in [0.4, 0.5) is 5.69 Å². The molecule has 0 heterocycles. The molecule has 0 saturated carbocycles. The number of benzene rings is 2. The minimum Gasteiger partial charge on any atom is -0.493 e. The van der Waals surface area contributed by atoms with Crippen LogP contribution in [0.15, 0.2) is 42.5 Å². The number of ether oxygens (including phenoxy) is 2. The summed E-state index contributed by atoms with van der Waals surface area (Å²) >= 11 is 0. The quantitative estimate of drug-likeness (QED) is 0.462. The zero-order chi connectivity index (χ0) is 27.0. The SMILES string of the molecule is CC[C@H](C)NC(=O)[C@H](C)N(Cc1ccc(C)cc1)C(=O)CN(c1ccc(OC)c(OC)c1)S(C)(=O)=O. The van der Waals surface area contributed by atoms with Crippen molar-refractivity contribution in [1.82, 2.24) is 10.2 Å². The zero-order valence-corrected chi connectivity index (χ0v) is 22.9. The first-order valence-corrected chi connectivity index (χ1v) is 13.6. The van der Waals surface area contributed by atoms with E-state index in [0.717, 1.165) is 28.1 Å². The molecule has 0 aliphatic heterocycles. The van der Waals surface area contributed by atoms with Crippen LogP contribution in [-0.4, -0.2) is 64.2 Å². The maximum atomic E-state index is 13.6. The van der Waals surface area contributed by atoms with Gasteiger partial charge in [0.1, 0.15) is 12.6 Å². The van der Waals surface area contributed by atoms with Crippen LogP contribution >= 0.6 is 0 Å². The summed E-state index contributed by atoms with van der Waals surface area (Å²) in [4.78, 5) is 28.0. The number of carbonyl (C=O) groups excluding carboxylic acids is 2. The molecule has 0 aliphatic carbocycles. The molecule has 1 N–H and O–H groups in total. The Hall–Kier alpha value is -3.27. The minimum absolute atomic E-state index is 0.0597. The second-order valence-corrected chi connectivity index (χ2v) is 10.7. The van der Waals surface area contributed by atoms with E-state index in [1.807, 2.05) is 45.0 Å². The van der Waals surface area contributed by atoms with E-state index in [9.17, 15) is 18.0 Å². The monoisotopic (exact) mass is 519 g/mol. The molecule has 36 heavy (non-hydrogen) atoms. The van der Waals surface area contributed by atoms with Gasteiger partial charge in [0.2, 0.25) is 21.8 Å². The highest BCUT2D eigenvalue weighted by Crippen LogP contribution is 2.32. The number of aryl methyl sites for hydroxylation is 1. The maximum absolute atomic E-state index is 13.6. The Kier molecular flexibility index (Phi) is 10.2. The number of methoxy groups -OCH3 is 2. The molecule has 0 fully saturated rings. The van der Waals surface area contributed by atoms with Crippen LogP contribution < -0.4 is 19.1 Å². The van der Waals surface area contributed by atoms with E-state index in [-0.39, 0.29) is 24.2 Å². The van der Waals surface area contributed by atoms with Crippen molar-refractivity contribution in [2.24, 2.45) is 0 Å². The average Bonchev–Trinajstić information content (AvgIpc) is 2.85. The van der Waals surface area contributed by atoms with Gasteiger partial charge in [0, 0.05) is 18.7 Å². The van der Waals surface area contributed by atoms with Crippen molar-refractivity contribution in [1.29, 1.82) is 0 Å². The van der Waals surface area contributed by atoms with Gasteiger partial charge in [0.25, 0.3) is 0 Å². The van der Waals surface area contributed by atoms with Gasteiger partial charge in [-0.05, 0) is 44.9 Å². The maximum Gasteiger partial charge on any atom is 0.244 e. The van der Waals surface area contributed by atoms with Crippen LogP contribution in [0.3, 0.4) is 0 Å². The average molecular weight is 520 g/mol. The van der Waals surface area contributed by atoms with Gasteiger partial charge in [0.15, 0.2) is 11.5 Å². The Balaban J connectivity index is 2.43. The van der Waals surface area contributed by atoms with Gasteiger partial charge in [-0.1, -0.05) is 36.8 Å². The fourth-order valence-corrected chi connectivity index (χ4v) is 4.37. The van der Waals surface area contributed by atoms with Crippen LogP contribution in [0.2, 0.25) is 0 Å². The normalized spacial score (nSPS) is 12.9. The summed E-state index contributed by atoms with van der Waals surface area (Å²) < 4.78 is 37.0. The molecule has 198 valence electrons. The lowest BCUT2D eigenvalue weighted by molar-refractivity contribution is -0.139. The van der Waals surface area contributed by atoms with Crippen molar-refractivity contribution < 1.29 is 27.5 Å². The van der Waals surface area contributed by atoms with E-state index in [1.165, 1.54) is 25.2 Å². The highest BCUT2D eigenvalue weighted by molar-refractivity contribution is 7.92. The Morgan fingerprint density at radius 3 is 2.14 bits per heavy atom. The van der Waals surface area contributed by atoms with E-state index in [2.05, 4.69) is 5.32 Å². The van der Waals surface area contributed by atoms with Gasteiger partial charge < -0.3 is 19.7 Å². The number of sulfonamides is 1. The smallest absolute Gasteiger partial charge is 0.244 e. The van der Waals surface area contributed by atoms with Gasteiger partial charge in [0.05, 0.1) is 26.2 Å². The summed E-state index contributed by atoms with van der Waals surface area (Å²) in [5.74, 6) is -0.0595. The van der Waals surface area contributed by atoms with Crippen LogP contribution in [0.5, 0.6) is 11.5 Å². The van der Waals surface area contributed by atoms with Crippen molar-refractivity contribution in [3.63, 3.8) is 0 Å². The Bertz CT molecular complexity index is 1150. The largest absolute Gasteiger partial charge is 0.493 e. The van der Waals surface area contributed by atoms with Gasteiger partial charge in [-0.3, -0.25) is 13.9 Å². The van der Waals surface area contributed by atoms with Crippen LogP contribution in [-0.2, 0) is 26.2 Å². The topological polar surface area (TPSA) is 105 Å². The van der Waals surface area contributed by atoms with Gasteiger partial charge in [-0.2, -0.15) is 0 Å². The second kappa shape index (κ2) is 12.6. The molecule has 0 radical (unpaired) electrons. The molecule has 0 aromatic heterocycles. The molecule has 0 aliphatic rings. The highest BCUT2D eigenvalue weighted by Gasteiger charge is 2.30. The summed E-state index contributed by atoms with van der Waals surface area (Å²) in [6, 6.07) is 11.4. The van der Waals surface area contributed by atoms with Gasteiger partial charge >= 0.3 is 0 Å². The van der Waals surface area contributed by atoms with Crippen molar-refractivity contribution in [3.8, 4) is 11.5 Å². The molecule has 2 atom stereocenters. The number of carbonyl (C=O) groups is 2. The number of rotatable bonds is 12. The first-order valence-electron chi connectivity index (χ1n) is 11.8. The van der Waals surface area contributed by atoms with E-state index < -0.39 is 28.5 Å². The first-order chi connectivity index (χ1) is 16.9. The van der Waals surface area contributed by atoms with E-state index >= 15 is 0 Å². The van der Waals surface area contributed by atoms with E-state index in [4.69, 9.17) is 9.47 Å². The molecule has 2 rings (SSSR count). The molecule has 2 aromatic rings. The summed E-state index contributed by atoms with van der Waals surface area (Å²) in [6.45, 7) is 7.11. The lowest BCUT2D eigenvalue weighted by Gasteiger charge is -2.32. The molecule has 0 bridgehead atoms. The molecule has 2 aromatic carbocycles. The van der Waals surface area contributed by atoms with Crippen molar-refractivity contribution in [2.45, 2.75) is 52.7 Å². The van der Waals surface area contributed by atoms with E-state index in [1.54, 1.807) is 19.1 Å². The summed E-state index contributed by atoms with van der Waals surface area (Å²) in [5.41, 5.74) is 2.14. The summed E-state index contributed by atoms with van der Waals surface area (Å²) in [7, 11) is -0.930. The second-order valence-electron chi connectivity index (χ2n) is 8.81. The van der Waals surface area contributed by atoms with Crippen molar-refractivity contribution in [3.05, 3.63) is 53.6 Å². The Labute approximate surface area is 214 Å².